The third-order valence-corrected chi connectivity index (χ3v) is 3.65. The monoisotopic (exact) mass is 322 g/mol. The molecule has 0 unspecified atom stereocenters. The molecular formula is C22H26O2. The van der Waals surface area contributed by atoms with Crippen molar-refractivity contribution in [2.75, 3.05) is 0 Å². The normalized spacial score (nSPS) is 13.3. The topological polar surface area (TPSA) is 34.1 Å². The third-order valence-electron chi connectivity index (χ3n) is 3.65. The second kappa shape index (κ2) is 10.1. The van der Waals surface area contributed by atoms with Crippen molar-refractivity contribution in [2.45, 2.75) is 27.7 Å². The smallest absolute Gasteiger partial charge is 0.185 e. The molecule has 0 saturated carbocycles. The lowest BCUT2D eigenvalue weighted by molar-refractivity contribution is -0.111. The number of carbonyl (C=O) groups excluding carboxylic acids is 2. The highest BCUT2D eigenvalue weighted by molar-refractivity contribution is 6.06. The van der Waals surface area contributed by atoms with Gasteiger partial charge in [-0.25, -0.2) is 0 Å². The summed E-state index contributed by atoms with van der Waals surface area (Å²) in [5, 5.41) is 0. The van der Waals surface area contributed by atoms with E-state index in [4.69, 9.17) is 0 Å². The minimum Gasteiger partial charge on any atom is -0.289 e. The van der Waals surface area contributed by atoms with E-state index in [2.05, 4.69) is 26.3 Å². The molecule has 0 aliphatic heterocycles. The highest BCUT2D eigenvalue weighted by Crippen LogP contribution is 2.14. The van der Waals surface area contributed by atoms with Crippen molar-refractivity contribution in [1.29, 1.82) is 0 Å². The van der Waals surface area contributed by atoms with E-state index in [0.717, 1.165) is 22.3 Å². The predicted molar refractivity (Wildman–Crippen MR) is 104 cm³/mol. The van der Waals surface area contributed by atoms with Crippen LogP contribution in [0.2, 0.25) is 0 Å². The van der Waals surface area contributed by atoms with Gasteiger partial charge in [0.2, 0.25) is 0 Å². The number of hydrogen-bond donors (Lipinski definition) is 0. The Labute approximate surface area is 145 Å². The van der Waals surface area contributed by atoms with Crippen LogP contribution in [-0.2, 0) is 9.59 Å². The lowest BCUT2D eigenvalue weighted by atomic mass is 10.0. The summed E-state index contributed by atoms with van der Waals surface area (Å²) in [6.07, 6.45) is 9.79. The molecule has 0 aliphatic carbocycles. The summed E-state index contributed by atoms with van der Waals surface area (Å²) in [7, 11) is 0. The molecule has 0 amide bonds. The predicted octanol–water partition coefficient (Wildman–Crippen LogP) is 5.39. The maximum atomic E-state index is 11.8. The van der Waals surface area contributed by atoms with Crippen LogP contribution in [-0.4, -0.2) is 11.6 Å². The van der Waals surface area contributed by atoms with E-state index in [1.807, 2.05) is 39.8 Å². The van der Waals surface area contributed by atoms with Crippen LogP contribution < -0.4 is 0 Å². The second-order valence-electron chi connectivity index (χ2n) is 5.54. The second-order valence-corrected chi connectivity index (χ2v) is 5.54. The third kappa shape index (κ3) is 7.01. The Bertz CT molecular complexity index is 642. The number of hydrogen-bond acceptors (Lipinski definition) is 2. The summed E-state index contributed by atoms with van der Waals surface area (Å²) in [5.41, 5.74) is 4.35. The van der Waals surface area contributed by atoms with Crippen LogP contribution in [0.4, 0.5) is 0 Å². The van der Waals surface area contributed by atoms with Gasteiger partial charge in [-0.1, -0.05) is 50.6 Å². The first kappa shape index (κ1) is 21.3. The fourth-order valence-electron chi connectivity index (χ4n) is 1.52. The summed E-state index contributed by atoms with van der Waals surface area (Å²) >= 11 is 0. The average Bonchev–Trinajstić information content (AvgIpc) is 2.56. The first-order chi connectivity index (χ1) is 11.1. The van der Waals surface area contributed by atoms with E-state index in [1.54, 1.807) is 12.2 Å². The Morgan fingerprint density at radius 2 is 0.917 bits per heavy atom. The molecule has 0 aromatic carbocycles. The van der Waals surface area contributed by atoms with Crippen molar-refractivity contribution in [1.82, 2.24) is 0 Å². The number of allylic oxidation sites excluding steroid dienone is 12. The molecule has 2 nitrogen and oxygen atoms in total. The van der Waals surface area contributed by atoms with E-state index in [1.165, 1.54) is 12.2 Å². The molecule has 0 atom stereocenters. The lowest BCUT2D eigenvalue weighted by Crippen LogP contribution is -1.96. The molecule has 24 heavy (non-hydrogen) atoms. The SMILES string of the molecule is C=CC(=C)C(=O)C=C(C)C(C)=CC=C(C)C(C)=CC(=O)C(=C)C=C. The Kier molecular flexibility index (Phi) is 8.96. The number of ketones is 2. The Balaban J connectivity index is 5.29. The molecule has 0 N–H and O–H groups in total. The number of rotatable bonds is 9. The summed E-state index contributed by atoms with van der Waals surface area (Å²) in [4.78, 5) is 23.6. The molecule has 0 bridgehead atoms. The van der Waals surface area contributed by atoms with Crippen molar-refractivity contribution >= 4 is 11.6 Å². The van der Waals surface area contributed by atoms with Gasteiger partial charge in [-0.2, -0.15) is 0 Å². The molecule has 0 heterocycles. The average molecular weight is 322 g/mol. The molecule has 0 aliphatic rings. The zero-order valence-electron chi connectivity index (χ0n) is 15.1. The molecule has 0 aromatic rings. The highest BCUT2D eigenvalue weighted by Gasteiger charge is 2.03. The van der Waals surface area contributed by atoms with Crippen LogP contribution in [0.1, 0.15) is 27.7 Å². The van der Waals surface area contributed by atoms with Crippen molar-refractivity contribution in [2.24, 2.45) is 0 Å². The van der Waals surface area contributed by atoms with Gasteiger partial charge in [-0.3, -0.25) is 9.59 Å². The van der Waals surface area contributed by atoms with Crippen LogP contribution in [0.3, 0.4) is 0 Å². The van der Waals surface area contributed by atoms with Crippen molar-refractivity contribution in [3.8, 4) is 0 Å². The quantitative estimate of drug-likeness (QED) is 0.421. The molecule has 126 valence electrons. The van der Waals surface area contributed by atoms with Crippen molar-refractivity contribution < 1.29 is 9.59 Å². The van der Waals surface area contributed by atoms with Crippen LogP contribution >= 0.6 is 0 Å². The first-order valence-electron chi connectivity index (χ1n) is 7.57. The first-order valence-corrected chi connectivity index (χ1v) is 7.57. The summed E-state index contributed by atoms with van der Waals surface area (Å²) in [6.45, 7) is 21.9. The summed E-state index contributed by atoms with van der Waals surface area (Å²) in [5.74, 6) is -0.305. The lowest BCUT2D eigenvalue weighted by Gasteiger charge is -2.03. The van der Waals surface area contributed by atoms with E-state index >= 15 is 0 Å². The zero-order chi connectivity index (χ0) is 18.9. The van der Waals surface area contributed by atoms with E-state index in [9.17, 15) is 9.59 Å². The van der Waals surface area contributed by atoms with Gasteiger partial charge >= 0.3 is 0 Å². The minimum atomic E-state index is -0.152. The largest absolute Gasteiger partial charge is 0.289 e. The standard InChI is InChI=1S/C22H26O2/c1-9-15(3)21(23)13-19(7)17(5)11-12-18(6)20(8)14-22(24)16(4)10-2/h9-14H,1-4H2,5-8H3. The van der Waals surface area contributed by atoms with Crippen molar-refractivity contribution in [3.63, 3.8) is 0 Å². The van der Waals surface area contributed by atoms with Crippen LogP contribution in [0.25, 0.3) is 0 Å². The minimum absolute atomic E-state index is 0.152. The van der Waals surface area contributed by atoms with E-state index in [-0.39, 0.29) is 11.6 Å². The van der Waals surface area contributed by atoms with E-state index in [0.29, 0.717) is 11.1 Å². The zero-order valence-corrected chi connectivity index (χ0v) is 15.1. The Morgan fingerprint density at radius 3 is 1.17 bits per heavy atom. The van der Waals surface area contributed by atoms with Gasteiger partial charge in [0.15, 0.2) is 11.6 Å². The molecule has 0 radical (unpaired) electrons. The van der Waals surface area contributed by atoms with Crippen LogP contribution in [0, 0.1) is 0 Å². The maximum Gasteiger partial charge on any atom is 0.185 e. The van der Waals surface area contributed by atoms with Crippen LogP contribution in [0.5, 0.6) is 0 Å². The summed E-state index contributed by atoms with van der Waals surface area (Å²) in [6, 6.07) is 0. The molecule has 0 saturated heterocycles. The molecule has 0 spiro atoms. The fourth-order valence-corrected chi connectivity index (χ4v) is 1.52. The summed E-state index contributed by atoms with van der Waals surface area (Å²) < 4.78 is 0. The highest BCUT2D eigenvalue weighted by atomic mass is 16.1. The van der Waals surface area contributed by atoms with Crippen LogP contribution in [0.15, 0.2) is 96.2 Å². The van der Waals surface area contributed by atoms with E-state index < -0.39 is 0 Å². The maximum absolute atomic E-state index is 11.8. The fraction of sp³-hybridized carbons (Fsp3) is 0.182. The van der Waals surface area contributed by atoms with Gasteiger partial charge in [-0.15, -0.1) is 0 Å². The van der Waals surface area contributed by atoms with Gasteiger partial charge < -0.3 is 0 Å². The van der Waals surface area contributed by atoms with Gasteiger partial charge in [0.05, 0.1) is 0 Å². The van der Waals surface area contributed by atoms with Gasteiger partial charge in [0.25, 0.3) is 0 Å². The molecule has 2 heteroatoms. The number of carbonyl (C=O) groups is 2. The van der Waals surface area contributed by atoms with Gasteiger partial charge in [-0.05, 0) is 62.1 Å². The van der Waals surface area contributed by atoms with Gasteiger partial charge in [0.1, 0.15) is 0 Å². The Hall–Kier alpha value is -2.74. The molecule has 0 rings (SSSR count). The molecular weight excluding hydrogens is 296 g/mol. The Morgan fingerprint density at radius 1 is 0.625 bits per heavy atom. The van der Waals surface area contributed by atoms with Gasteiger partial charge in [0, 0.05) is 11.1 Å². The molecule has 0 fully saturated rings. The van der Waals surface area contributed by atoms with Crippen molar-refractivity contribution in [3.05, 3.63) is 96.2 Å². The molecule has 0 aromatic heterocycles.